The number of amides is 2. The number of pyridine rings is 1. The normalized spacial score (nSPS) is 20.5. The Morgan fingerprint density at radius 3 is 2.64 bits per heavy atom. The van der Waals surface area contributed by atoms with Gasteiger partial charge in [-0.3, -0.25) is 9.59 Å². The molecule has 2 aromatic rings. The molecule has 176 valence electrons. The molecule has 0 spiro atoms. The van der Waals surface area contributed by atoms with Crippen LogP contribution in [0.5, 0.6) is 5.75 Å². The van der Waals surface area contributed by atoms with Gasteiger partial charge in [-0.05, 0) is 61.9 Å². The number of rotatable bonds is 6. The third-order valence-corrected chi connectivity index (χ3v) is 7.60. The van der Waals surface area contributed by atoms with Crippen molar-refractivity contribution in [3.63, 3.8) is 0 Å². The summed E-state index contributed by atoms with van der Waals surface area (Å²) >= 11 is 0. The maximum Gasteiger partial charge on any atom is 0.240 e. The van der Waals surface area contributed by atoms with Crippen LogP contribution in [0.2, 0.25) is 0 Å². The summed E-state index contributed by atoms with van der Waals surface area (Å²) in [5.41, 5.74) is 0.469. The van der Waals surface area contributed by atoms with E-state index in [1.165, 1.54) is 24.0 Å². The lowest BCUT2D eigenvalue weighted by atomic mass is 9.81. The predicted octanol–water partition coefficient (Wildman–Crippen LogP) is 2.55. The van der Waals surface area contributed by atoms with Gasteiger partial charge < -0.3 is 15.0 Å². The summed E-state index contributed by atoms with van der Waals surface area (Å²) < 4.78 is 34.0. The van der Waals surface area contributed by atoms with Crippen molar-refractivity contribution in [2.45, 2.75) is 37.5 Å². The van der Waals surface area contributed by atoms with Crippen LogP contribution in [0.25, 0.3) is 0 Å². The molecule has 1 fully saturated rings. The highest BCUT2D eigenvalue weighted by molar-refractivity contribution is 7.89. The van der Waals surface area contributed by atoms with E-state index in [0.717, 1.165) is 12.8 Å². The second-order valence-electron chi connectivity index (χ2n) is 8.42. The number of ether oxygens (including phenoxy) is 1. The first kappa shape index (κ1) is 23.2. The van der Waals surface area contributed by atoms with Gasteiger partial charge in [-0.25, -0.2) is 18.1 Å². The molecule has 33 heavy (non-hydrogen) atoms. The fraction of sp³-hybridized carbons (Fsp3) is 0.435. The molecule has 0 radical (unpaired) electrons. The zero-order valence-electron chi connectivity index (χ0n) is 18.5. The topological polar surface area (TPSA) is 118 Å². The van der Waals surface area contributed by atoms with Crippen molar-refractivity contribution in [1.82, 2.24) is 9.71 Å². The van der Waals surface area contributed by atoms with Gasteiger partial charge in [0.05, 0.1) is 17.1 Å². The summed E-state index contributed by atoms with van der Waals surface area (Å²) in [6, 6.07) is 9.92. The van der Waals surface area contributed by atoms with Crippen LogP contribution in [0.15, 0.2) is 47.5 Å². The molecule has 1 aliphatic carbocycles. The molecule has 1 aromatic carbocycles. The van der Waals surface area contributed by atoms with E-state index in [1.807, 2.05) is 6.07 Å². The highest BCUT2D eigenvalue weighted by atomic mass is 32.2. The Bertz CT molecular complexity index is 1110. The quantitative estimate of drug-likeness (QED) is 0.667. The summed E-state index contributed by atoms with van der Waals surface area (Å²) in [4.78, 5) is 30.1. The number of fused-ring (bicyclic) bond motifs is 1. The second-order valence-corrected chi connectivity index (χ2v) is 10.2. The molecule has 1 aromatic heterocycles. The lowest BCUT2D eigenvalue weighted by Gasteiger charge is -2.29. The van der Waals surface area contributed by atoms with E-state index in [4.69, 9.17) is 4.74 Å². The van der Waals surface area contributed by atoms with Gasteiger partial charge in [0.2, 0.25) is 21.8 Å². The minimum atomic E-state index is -3.74. The molecule has 2 amide bonds. The summed E-state index contributed by atoms with van der Waals surface area (Å²) in [5.74, 6) is 0.894. The van der Waals surface area contributed by atoms with E-state index >= 15 is 0 Å². The van der Waals surface area contributed by atoms with Crippen LogP contribution in [0.3, 0.4) is 0 Å². The van der Waals surface area contributed by atoms with Gasteiger partial charge >= 0.3 is 0 Å². The van der Waals surface area contributed by atoms with Crippen molar-refractivity contribution in [3.8, 4) is 5.75 Å². The largest absolute Gasteiger partial charge is 0.490 e. The van der Waals surface area contributed by atoms with Crippen LogP contribution < -0.4 is 19.7 Å². The summed E-state index contributed by atoms with van der Waals surface area (Å²) in [5, 5.41) is 2.84. The Labute approximate surface area is 193 Å². The standard InChI is InChI=1S/C23H28N4O5S/c1-16(28)27-12-13-32-21-10-9-19(14-20(21)27)33(30,31)25-15-17-5-7-18(8-6-17)23(29)26-22-4-2-3-11-24-22/h2-4,9-11,14,17-18,25H,5-8,12-13,15H2,1H3,(H,24,26,29). The number of carbonyl (C=O) groups is 2. The van der Waals surface area contributed by atoms with Crippen molar-refractivity contribution in [2.24, 2.45) is 11.8 Å². The smallest absolute Gasteiger partial charge is 0.240 e. The number of hydrogen-bond acceptors (Lipinski definition) is 6. The molecule has 0 unspecified atom stereocenters. The van der Waals surface area contributed by atoms with Gasteiger partial charge in [-0.1, -0.05) is 6.07 Å². The van der Waals surface area contributed by atoms with Crippen molar-refractivity contribution < 1.29 is 22.7 Å². The first-order chi connectivity index (χ1) is 15.8. The number of benzene rings is 1. The monoisotopic (exact) mass is 472 g/mol. The Kier molecular flexibility index (Phi) is 6.94. The van der Waals surface area contributed by atoms with E-state index in [2.05, 4.69) is 15.0 Å². The molecule has 0 bridgehead atoms. The molecule has 10 heteroatoms. The van der Waals surface area contributed by atoms with Crippen LogP contribution in [-0.4, -0.2) is 44.9 Å². The number of carbonyl (C=O) groups excluding carboxylic acids is 2. The molecule has 4 rings (SSSR count). The van der Waals surface area contributed by atoms with Gasteiger partial charge in [-0.2, -0.15) is 0 Å². The molecular weight excluding hydrogens is 444 g/mol. The third kappa shape index (κ3) is 5.51. The number of anilines is 2. The number of nitrogens with one attached hydrogen (secondary N) is 2. The zero-order chi connectivity index (χ0) is 23.4. The summed E-state index contributed by atoms with van der Waals surface area (Å²) in [6.45, 7) is 2.51. The lowest BCUT2D eigenvalue weighted by Crippen LogP contribution is -2.37. The Hall–Kier alpha value is -2.98. The molecule has 2 heterocycles. The predicted molar refractivity (Wildman–Crippen MR) is 123 cm³/mol. The van der Waals surface area contributed by atoms with Crippen molar-refractivity contribution in [2.75, 3.05) is 29.9 Å². The molecule has 1 aliphatic heterocycles. The van der Waals surface area contributed by atoms with Crippen LogP contribution in [0, 0.1) is 11.8 Å². The average molecular weight is 473 g/mol. The van der Waals surface area contributed by atoms with Gasteiger partial charge in [0.25, 0.3) is 0 Å². The van der Waals surface area contributed by atoms with Crippen LogP contribution in [-0.2, 0) is 19.6 Å². The molecular formula is C23H28N4O5S. The molecule has 2 aliphatic rings. The highest BCUT2D eigenvalue weighted by Crippen LogP contribution is 2.34. The average Bonchev–Trinajstić information content (AvgIpc) is 2.83. The highest BCUT2D eigenvalue weighted by Gasteiger charge is 2.28. The van der Waals surface area contributed by atoms with Crippen molar-refractivity contribution in [3.05, 3.63) is 42.6 Å². The minimum absolute atomic E-state index is 0.0426. The summed E-state index contributed by atoms with van der Waals surface area (Å²) in [6.07, 6.45) is 4.56. The molecule has 9 nitrogen and oxygen atoms in total. The lowest BCUT2D eigenvalue weighted by molar-refractivity contribution is -0.121. The van der Waals surface area contributed by atoms with Crippen LogP contribution in [0.4, 0.5) is 11.5 Å². The number of aromatic nitrogens is 1. The van der Waals surface area contributed by atoms with Crippen molar-refractivity contribution in [1.29, 1.82) is 0 Å². The van der Waals surface area contributed by atoms with Gasteiger partial charge in [0.1, 0.15) is 18.2 Å². The minimum Gasteiger partial charge on any atom is -0.490 e. The van der Waals surface area contributed by atoms with Gasteiger partial charge in [-0.15, -0.1) is 0 Å². The first-order valence-corrected chi connectivity index (χ1v) is 12.6. The van der Waals surface area contributed by atoms with E-state index in [-0.39, 0.29) is 28.5 Å². The van der Waals surface area contributed by atoms with Gasteiger partial charge in [0, 0.05) is 25.6 Å². The SMILES string of the molecule is CC(=O)N1CCOc2ccc(S(=O)(=O)NCC3CCC(C(=O)Nc4ccccn4)CC3)cc21. The zero-order valence-corrected chi connectivity index (χ0v) is 19.3. The maximum absolute atomic E-state index is 12.9. The Balaban J connectivity index is 1.32. The molecule has 1 saturated carbocycles. The van der Waals surface area contributed by atoms with Crippen LogP contribution >= 0.6 is 0 Å². The first-order valence-electron chi connectivity index (χ1n) is 11.1. The van der Waals surface area contributed by atoms with Crippen LogP contribution in [0.1, 0.15) is 32.6 Å². The van der Waals surface area contributed by atoms with E-state index < -0.39 is 10.0 Å². The Morgan fingerprint density at radius 2 is 1.94 bits per heavy atom. The second kappa shape index (κ2) is 9.88. The fourth-order valence-electron chi connectivity index (χ4n) is 4.30. The number of nitrogens with zero attached hydrogens (tertiary/aromatic N) is 2. The summed E-state index contributed by atoms with van der Waals surface area (Å²) in [7, 11) is -3.74. The molecule has 0 atom stereocenters. The van der Waals surface area contributed by atoms with Gasteiger partial charge in [0.15, 0.2) is 0 Å². The van der Waals surface area contributed by atoms with E-state index in [9.17, 15) is 18.0 Å². The van der Waals surface area contributed by atoms with E-state index in [1.54, 1.807) is 24.4 Å². The van der Waals surface area contributed by atoms with Crippen molar-refractivity contribution >= 4 is 33.3 Å². The number of sulfonamides is 1. The molecule has 0 saturated heterocycles. The molecule has 2 N–H and O–H groups in total. The Morgan fingerprint density at radius 1 is 1.15 bits per heavy atom. The number of hydrogen-bond donors (Lipinski definition) is 2. The third-order valence-electron chi connectivity index (χ3n) is 6.18. The maximum atomic E-state index is 12.9. The fourth-order valence-corrected chi connectivity index (χ4v) is 5.43. The van der Waals surface area contributed by atoms with E-state index in [0.29, 0.717) is 49.8 Å².